The van der Waals surface area contributed by atoms with Crippen LogP contribution in [0.15, 0.2) is 24.3 Å². The van der Waals surface area contributed by atoms with Gasteiger partial charge in [0.05, 0.1) is 22.8 Å². The van der Waals surface area contributed by atoms with Crippen LogP contribution in [0.3, 0.4) is 0 Å². The van der Waals surface area contributed by atoms with E-state index in [4.69, 9.17) is 17.3 Å². The Hall–Kier alpha value is -1.81. The molecule has 0 aliphatic rings. The average molecular weight is 292 g/mol. The molecule has 1 aromatic heterocycles. The van der Waals surface area contributed by atoms with Crippen molar-refractivity contribution >= 4 is 23.1 Å². The fraction of sp³-hybridized carbons (Fsp3) is 0.333. The van der Waals surface area contributed by atoms with E-state index < -0.39 is 0 Å². The maximum atomic E-state index is 12.2. The molecule has 0 radical (unpaired) electrons. The predicted molar refractivity (Wildman–Crippen MR) is 80.9 cm³/mol. The lowest BCUT2D eigenvalue weighted by Gasteiger charge is -2.04. The van der Waals surface area contributed by atoms with Crippen LogP contribution >= 0.6 is 11.6 Å². The number of ketones is 1. The molecule has 2 aromatic rings. The van der Waals surface area contributed by atoms with Gasteiger partial charge in [0.2, 0.25) is 0 Å². The lowest BCUT2D eigenvalue weighted by molar-refractivity contribution is -0.117. The van der Waals surface area contributed by atoms with Crippen molar-refractivity contribution in [2.45, 2.75) is 26.2 Å². The van der Waals surface area contributed by atoms with Gasteiger partial charge in [-0.1, -0.05) is 30.7 Å². The fourth-order valence-electron chi connectivity index (χ4n) is 2.19. The van der Waals surface area contributed by atoms with Crippen LogP contribution < -0.4 is 5.73 Å². The smallest absolute Gasteiger partial charge is 0.143 e. The molecular formula is C15H18ClN3O. The lowest BCUT2D eigenvalue weighted by atomic mass is 10.0. The first-order chi connectivity index (χ1) is 9.51. The van der Waals surface area contributed by atoms with E-state index in [0.717, 1.165) is 23.4 Å². The molecule has 0 aliphatic carbocycles. The van der Waals surface area contributed by atoms with Crippen LogP contribution in [0.2, 0.25) is 5.02 Å². The summed E-state index contributed by atoms with van der Waals surface area (Å²) in [4.78, 5) is 12.2. The van der Waals surface area contributed by atoms with Crippen molar-refractivity contribution in [2.75, 3.05) is 5.73 Å². The molecular weight excluding hydrogens is 274 g/mol. The summed E-state index contributed by atoms with van der Waals surface area (Å²) in [5.74, 6) is 0.100. The van der Waals surface area contributed by atoms with Gasteiger partial charge in [-0.05, 0) is 24.1 Å². The summed E-state index contributed by atoms with van der Waals surface area (Å²) in [5.41, 5.74) is 8.91. The molecule has 0 amide bonds. The van der Waals surface area contributed by atoms with Crippen LogP contribution in [0.25, 0.3) is 0 Å². The number of aromatic nitrogens is 2. The van der Waals surface area contributed by atoms with Gasteiger partial charge in [-0.3, -0.25) is 9.48 Å². The molecule has 0 atom stereocenters. The number of rotatable bonds is 5. The number of nitrogens with two attached hydrogens (primary N) is 1. The minimum atomic E-state index is 0.100. The number of Topliss-reactive ketones (excluding diaryl/α,β-unsaturated/α-hetero) is 1. The van der Waals surface area contributed by atoms with Gasteiger partial charge in [0.15, 0.2) is 0 Å². The van der Waals surface area contributed by atoms with Crippen LogP contribution in [0, 0.1) is 0 Å². The quantitative estimate of drug-likeness (QED) is 0.861. The Balaban J connectivity index is 2.10. The normalized spacial score (nSPS) is 10.8. The Morgan fingerprint density at radius 1 is 1.40 bits per heavy atom. The first kappa shape index (κ1) is 14.6. The zero-order valence-corrected chi connectivity index (χ0v) is 12.4. The third kappa shape index (κ3) is 3.20. The van der Waals surface area contributed by atoms with Crippen molar-refractivity contribution in [2.24, 2.45) is 7.05 Å². The van der Waals surface area contributed by atoms with E-state index in [-0.39, 0.29) is 12.2 Å². The number of hydrogen-bond acceptors (Lipinski definition) is 3. The molecule has 20 heavy (non-hydrogen) atoms. The second kappa shape index (κ2) is 6.09. The van der Waals surface area contributed by atoms with E-state index in [0.29, 0.717) is 17.1 Å². The van der Waals surface area contributed by atoms with Gasteiger partial charge >= 0.3 is 0 Å². The Labute approximate surface area is 123 Å². The monoisotopic (exact) mass is 291 g/mol. The van der Waals surface area contributed by atoms with Crippen LogP contribution in [0.5, 0.6) is 0 Å². The number of carbonyl (C=O) groups is 1. The summed E-state index contributed by atoms with van der Waals surface area (Å²) in [6.07, 6.45) is 1.40. The molecule has 106 valence electrons. The van der Waals surface area contributed by atoms with Crippen molar-refractivity contribution < 1.29 is 4.79 Å². The summed E-state index contributed by atoms with van der Waals surface area (Å²) in [7, 11) is 1.81. The van der Waals surface area contributed by atoms with E-state index in [1.54, 1.807) is 10.7 Å². The van der Waals surface area contributed by atoms with Gasteiger partial charge < -0.3 is 5.73 Å². The zero-order valence-electron chi connectivity index (χ0n) is 11.7. The van der Waals surface area contributed by atoms with Gasteiger partial charge in [-0.25, -0.2) is 0 Å². The highest BCUT2D eigenvalue weighted by Crippen LogP contribution is 2.22. The Bertz CT molecular complexity index is 634. The summed E-state index contributed by atoms with van der Waals surface area (Å²) in [6.45, 7) is 1.99. The number of carbonyl (C=O) groups excluding carboxylic acids is 1. The van der Waals surface area contributed by atoms with Crippen molar-refractivity contribution in [3.63, 3.8) is 0 Å². The first-order valence-electron chi connectivity index (χ1n) is 6.57. The third-order valence-corrected chi connectivity index (χ3v) is 3.66. The number of nitrogens with zero attached hydrogens (tertiary/aromatic N) is 2. The number of nitrogen functional groups attached to an aromatic ring is 1. The SMILES string of the molecule is CCc1nn(C)c(CC(=O)Cc2cccc(N)c2)c1Cl. The van der Waals surface area contributed by atoms with Crippen molar-refractivity contribution in [3.05, 3.63) is 46.2 Å². The molecule has 5 heteroatoms. The topological polar surface area (TPSA) is 60.9 Å². The zero-order chi connectivity index (χ0) is 14.7. The summed E-state index contributed by atoms with van der Waals surface area (Å²) < 4.78 is 1.69. The van der Waals surface area contributed by atoms with Gasteiger partial charge in [0.1, 0.15) is 5.78 Å². The minimum Gasteiger partial charge on any atom is -0.399 e. The fourth-order valence-corrected chi connectivity index (χ4v) is 2.55. The number of anilines is 1. The molecule has 1 aromatic carbocycles. The molecule has 0 bridgehead atoms. The van der Waals surface area contributed by atoms with Crippen molar-refractivity contribution in [3.8, 4) is 0 Å². The molecule has 0 saturated carbocycles. The number of benzene rings is 1. The predicted octanol–water partition coefficient (Wildman–Crippen LogP) is 2.57. The highest BCUT2D eigenvalue weighted by atomic mass is 35.5. The second-order valence-electron chi connectivity index (χ2n) is 4.82. The summed E-state index contributed by atoms with van der Waals surface area (Å²) in [5, 5.41) is 4.92. The third-order valence-electron chi connectivity index (χ3n) is 3.22. The Morgan fingerprint density at radius 3 is 2.75 bits per heavy atom. The molecule has 0 saturated heterocycles. The van der Waals surface area contributed by atoms with Gasteiger partial charge in [0.25, 0.3) is 0 Å². The molecule has 0 unspecified atom stereocenters. The van der Waals surface area contributed by atoms with E-state index in [9.17, 15) is 4.79 Å². The summed E-state index contributed by atoms with van der Waals surface area (Å²) >= 11 is 6.25. The maximum absolute atomic E-state index is 12.2. The standard InChI is InChI=1S/C15H18ClN3O/c1-3-13-15(16)14(19(2)18-13)9-12(20)8-10-5-4-6-11(17)7-10/h4-7H,3,8-9,17H2,1-2H3. The molecule has 2 rings (SSSR count). The lowest BCUT2D eigenvalue weighted by Crippen LogP contribution is -2.10. The Morgan fingerprint density at radius 2 is 2.15 bits per heavy atom. The number of aryl methyl sites for hydroxylation is 2. The largest absolute Gasteiger partial charge is 0.399 e. The van der Waals surface area contributed by atoms with E-state index in [1.165, 1.54) is 0 Å². The highest BCUT2D eigenvalue weighted by molar-refractivity contribution is 6.32. The van der Waals surface area contributed by atoms with E-state index in [2.05, 4.69) is 5.10 Å². The number of hydrogen-bond donors (Lipinski definition) is 1. The van der Waals surface area contributed by atoms with Gasteiger partial charge in [-0.2, -0.15) is 5.10 Å². The van der Waals surface area contributed by atoms with Crippen molar-refractivity contribution in [1.82, 2.24) is 9.78 Å². The molecule has 1 heterocycles. The van der Waals surface area contributed by atoms with Crippen LogP contribution in [-0.2, 0) is 31.1 Å². The van der Waals surface area contributed by atoms with E-state index >= 15 is 0 Å². The first-order valence-corrected chi connectivity index (χ1v) is 6.95. The average Bonchev–Trinajstić information content (AvgIpc) is 2.66. The molecule has 0 spiro atoms. The van der Waals surface area contributed by atoms with Gasteiger partial charge in [0, 0.05) is 19.2 Å². The highest BCUT2D eigenvalue weighted by Gasteiger charge is 2.16. The minimum absolute atomic E-state index is 0.100. The van der Waals surface area contributed by atoms with E-state index in [1.807, 2.05) is 32.2 Å². The molecule has 2 N–H and O–H groups in total. The molecule has 0 aliphatic heterocycles. The summed E-state index contributed by atoms with van der Waals surface area (Å²) in [6, 6.07) is 7.38. The maximum Gasteiger partial charge on any atom is 0.143 e. The molecule has 4 nitrogen and oxygen atoms in total. The Kier molecular flexibility index (Phi) is 4.45. The van der Waals surface area contributed by atoms with Crippen LogP contribution in [-0.4, -0.2) is 15.6 Å². The van der Waals surface area contributed by atoms with Crippen LogP contribution in [0.4, 0.5) is 5.69 Å². The second-order valence-corrected chi connectivity index (χ2v) is 5.20. The number of halogens is 1. The van der Waals surface area contributed by atoms with Crippen LogP contribution in [0.1, 0.15) is 23.9 Å². The van der Waals surface area contributed by atoms with Crippen molar-refractivity contribution in [1.29, 1.82) is 0 Å². The molecule has 0 fully saturated rings. The van der Waals surface area contributed by atoms with Gasteiger partial charge in [-0.15, -0.1) is 0 Å².